The Morgan fingerprint density at radius 2 is 2.11 bits per heavy atom. The first-order valence-corrected chi connectivity index (χ1v) is 6.15. The van der Waals surface area contributed by atoms with Gasteiger partial charge in [0.25, 0.3) is 0 Å². The van der Waals surface area contributed by atoms with Crippen LogP contribution in [-0.4, -0.2) is 38.5 Å². The molecule has 1 heterocycles. The first kappa shape index (κ1) is 14.9. The Labute approximate surface area is 108 Å². The number of nitrogens with zero attached hydrogens (tertiary/aromatic N) is 1. The number of hydrogen-bond acceptors (Lipinski definition) is 5. The molecule has 0 bridgehead atoms. The van der Waals surface area contributed by atoms with Crippen LogP contribution >= 0.6 is 0 Å². The third-order valence-corrected chi connectivity index (χ3v) is 2.40. The van der Waals surface area contributed by atoms with Gasteiger partial charge in [-0.05, 0) is 18.6 Å². The van der Waals surface area contributed by atoms with Gasteiger partial charge in [0.2, 0.25) is 5.88 Å². The highest BCUT2D eigenvalue weighted by Crippen LogP contribution is 2.14. The molecule has 2 N–H and O–H groups in total. The molecule has 0 spiro atoms. The zero-order chi connectivity index (χ0) is 13.2. The van der Waals surface area contributed by atoms with Crippen molar-refractivity contribution in [2.24, 2.45) is 5.73 Å². The van der Waals surface area contributed by atoms with E-state index in [0.717, 1.165) is 12.0 Å². The number of aromatic nitrogens is 1. The molecule has 0 unspecified atom stereocenters. The van der Waals surface area contributed by atoms with Gasteiger partial charge in [-0.15, -0.1) is 0 Å². The Morgan fingerprint density at radius 1 is 1.28 bits per heavy atom. The molecule has 0 fully saturated rings. The fourth-order valence-corrected chi connectivity index (χ4v) is 1.37. The fraction of sp³-hybridized carbons (Fsp3) is 0.615. The summed E-state index contributed by atoms with van der Waals surface area (Å²) in [6.45, 7) is 4.43. The second-order valence-corrected chi connectivity index (χ2v) is 4.02. The van der Waals surface area contributed by atoms with Crippen molar-refractivity contribution in [3.8, 4) is 5.88 Å². The average Bonchev–Trinajstić information content (AvgIpc) is 2.38. The molecular formula is C13H22N2O3. The number of nitrogens with two attached hydrogens (primary N) is 1. The van der Waals surface area contributed by atoms with Crippen molar-refractivity contribution in [2.45, 2.75) is 19.4 Å². The topological polar surface area (TPSA) is 66.6 Å². The molecule has 0 saturated heterocycles. The summed E-state index contributed by atoms with van der Waals surface area (Å²) < 4.78 is 15.7. The van der Waals surface area contributed by atoms with Gasteiger partial charge in [-0.25, -0.2) is 4.98 Å². The Bertz CT molecular complexity index is 332. The first-order valence-electron chi connectivity index (χ1n) is 6.15. The maximum absolute atomic E-state index is 5.79. The van der Waals surface area contributed by atoms with Crippen molar-refractivity contribution in [2.75, 3.05) is 33.5 Å². The van der Waals surface area contributed by atoms with E-state index in [4.69, 9.17) is 19.9 Å². The second kappa shape index (κ2) is 8.85. The van der Waals surface area contributed by atoms with Crippen LogP contribution in [0.15, 0.2) is 18.3 Å². The largest absolute Gasteiger partial charge is 0.478 e. The maximum Gasteiger partial charge on any atom is 0.213 e. The van der Waals surface area contributed by atoms with E-state index < -0.39 is 0 Å². The van der Waals surface area contributed by atoms with Gasteiger partial charge < -0.3 is 19.9 Å². The standard InChI is InChI=1S/C13H22N2O3/c1-11(14)12-4-5-15-13(10-12)18-7-3-6-17-9-8-16-2/h4-5,10-11H,3,6-9,14H2,1-2H3/t11-/m0/s1. The van der Waals surface area contributed by atoms with Gasteiger partial charge in [-0.3, -0.25) is 0 Å². The summed E-state index contributed by atoms with van der Waals surface area (Å²) in [5, 5.41) is 0. The third kappa shape index (κ3) is 5.95. The summed E-state index contributed by atoms with van der Waals surface area (Å²) in [5.41, 5.74) is 6.81. The molecule has 0 saturated carbocycles. The van der Waals surface area contributed by atoms with Crippen LogP contribution in [0.1, 0.15) is 24.9 Å². The van der Waals surface area contributed by atoms with Crippen LogP contribution in [-0.2, 0) is 9.47 Å². The van der Waals surface area contributed by atoms with Crippen molar-refractivity contribution in [1.82, 2.24) is 4.98 Å². The van der Waals surface area contributed by atoms with E-state index in [9.17, 15) is 0 Å². The van der Waals surface area contributed by atoms with Crippen molar-refractivity contribution in [3.05, 3.63) is 23.9 Å². The summed E-state index contributed by atoms with van der Waals surface area (Å²) in [5.74, 6) is 0.613. The highest BCUT2D eigenvalue weighted by molar-refractivity contribution is 5.22. The molecule has 0 aliphatic rings. The lowest BCUT2D eigenvalue weighted by Crippen LogP contribution is -2.08. The number of methoxy groups -OCH3 is 1. The summed E-state index contributed by atoms with van der Waals surface area (Å²) >= 11 is 0. The molecule has 1 aromatic heterocycles. The predicted molar refractivity (Wildman–Crippen MR) is 69.6 cm³/mol. The molecule has 102 valence electrons. The highest BCUT2D eigenvalue weighted by Gasteiger charge is 2.02. The molecule has 0 aliphatic carbocycles. The number of rotatable bonds is 9. The van der Waals surface area contributed by atoms with E-state index in [1.54, 1.807) is 13.3 Å². The van der Waals surface area contributed by atoms with Gasteiger partial charge in [-0.2, -0.15) is 0 Å². The molecule has 0 radical (unpaired) electrons. The van der Waals surface area contributed by atoms with Gasteiger partial charge in [-0.1, -0.05) is 0 Å². The number of ether oxygens (including phenoxy) is 3. The molecule has 5 nitrogen and oxygen atoms in total. The smallest absolute Gasteiger partial charge is 0.213 e. The van der Waals surface area contributed by atoms with Crippen LogP contribution in [0.5, 0.6) is 5.88 Å². The average molecular weight is 254 g/mol. The van der Waals surface area contributed by atoms with Gasteiger partial charge in [0.05, 0.1) is 19.8 Å². The normalized spacial score (nSPS) is 12.4. The molecular weight excluding hydrogens is 232 g/mol. The summed E-state index contributed by atoms with van der Waals surface area (Å²) in [4.78, 5) is 4.13. The minimum absolute atomic E-state index is 0.00673. The SMILES string of the molecule is COCCOCCCOc1cc([C@H](C)N)ccn1. The van der Waals surface area contributed by atoms with Crippen LogP contribution in [0.4, 0.5) is 0 Å². The number of hydrogen-bond donors (Lipinski definition) is 1. The van der Waals surface area contributed by atoms with Crippen LogP contribution in [0.3, 0.4) is 0 Å². The zero-order valence-corrected chi connectivity index (χ0v) is 11.1. The monoisotopic (exact) mass is 254 g/mol. The first-order chi connectivity index (χ1) is 8.74. The van der Waals surface area contributed by atoms with Crippen molar-refractivity contribution < 1.29 is 14.2 Å². The van der Waals surface area contributed by atoms with Crippen molar-refractivity contribution in [1.29, 1.82) is 0 Å². The third-order valence-electron chi connectivity index (χ3n) is 2.40. The van der Waals surface area contributed by atoms with Crippen molar-refractivity contribution >= 4 is 0 Å². The lowest BCUT2D eigenvalue weighted by molar-refractivity contribution is 0.0642. The van der Waals surface area contributed by atoms with Gasteiger partial charge in [0.15, 0.2) is 0 Å². The fourth-order valence-electron chi connectivity index (χ4n) is 1.37. The predicted octanol–water partition coefficient (Wildman–Crippen LogP) is 1.53. The molecule has 5 heteroatoms. The lowest BCUT2D eigenvalue weighted by Gasteiger charge is -2.09. The van der Waals surface area contributed by atoms with E-state index in [1.165, 1.54) is 0 Å². The molecule has 1 aromatic rings. The number of pyridine rings is 1. The minimum Gasteiger partial charge on any atom is -0.478 e. The molecule has 0 aliphatic heterocycles. The zero-order valence-electron chi connectivity index (χ0n) is 11.1. The maximum atomic E-state index is 5.79. The second-order valence-electron chi connectivity index (χ2n) is 4.02. The highest BCUT2D eigenvalue weighted by atomic mass is 16.5. The molecule has 0 amide bonds. The van der Waals surface area contributed by atoms with Gasteiger partial charge in [0.1, 0.15) is 0 Å². The van der Waals surface area contributed by atoms with Crippen molar-refractivity contribution in [3.63, 3.8) is 0 Å². The van der Waals surface area contributed by atoms with E-state index >= 15 is 0 Å². The summed E-state index contributed by atoms with van der Waals surface area (Å²) in [7, 11) is 1.66. The summed E-state index contributed by atoms with van der Waals surface area (Å²) in [6, 6.07) is 3.76. The van der Waals surface area contributed by atoms with Gasteiger partial charge >= 0.3 is 0 Å². The Hall–Kier alpha value is -1.17. The van der Waals surface area contributed by atoms with Crippen LogP contribution in [0, 0.1) is 0 Å². The Balaban J connectivity index is 2.17. The van der Waals surface area contributed by atoms with E-state index in [2.05, 4.69) is 4.98 Å². The Kier molecular flexibility index (Phi) is 7.32. The quantitative estimate of drug-likeness (QED) is 0.677. The molecule has 1 atom stereocenters. The molecule has 18 heavy (non-hydrogen) atoms. The van der Waals surface area contributed by atoms with E-state index in [-0.39, 0.29) is 6.04 Å². The molecule has 0 aromatic carbocycles. The summed E-state index contributed by atoms with van der Waals surface area (Å²) in [6.07, 6.45) is 2.54. The van der Waals surface area contributed by atoms with Gasteiger partial charge in [0, 0.05) is 38.4 Å². The molecule has 1 rings (SSSR count). The lowest BCUT2D eigenvalue weighted by atomic mass is 10.1. The Morgan fingerprint density at radius 3 is 2.83 bits per heavy atom. The van der Waals surface area contributed by atoms with Crippen LogP contribution in [0.25, 0.3) is 0 Å². The minimum atomic E-state index is -0.00673. The van der Waals surface area contributed by atoms with E-state index in [1.807, 2.05) is 19.1 Å². The van der Waals surface area contributed by atoms with Crippen LogP contribution in [0.2, 0.25) is 0 Å². The van der Waals surface area contributed by atoms with Crippen LogP contribution < -0.4 is 10.5 Å². The van der Waals surface area contributed by atoms with E-state index in [0.29, 0.717) is 32.3 Å².